The maximum atomic E-state index is 12.9. The third-order valence-corrected chi connectivity index (χ3v) is 5.59. The number of imidazole rings is 2. The summed E-state index contributed by atoms with van der Waals surface area (Å²) in [6.07, 6.45) is 7.15. The van der Waals surface area contributed by atoms with Crippen LogP contribution in [0.1, 0.15) is 36.0 Å². The number of carbonyl (C=O) groups excluding carboxylic acids is 1. The Morgan fingerprint density at radius 3 is 3.06 bits per heavy atom. The molecule has 0 spiro atoms. The van der Waals surface area contributed by atoms with Gasteiger partial charge in [0.25, 0.3) is 0 Å². The Labute approximate surface area is 179 Å². The summed E-state index contributed by atoms with van der Waals surface area (Å²) >= 11 is 0. The van der Waals surface area contributed by atoms with Crippen molar-refractivity contribution in [3.63, 3.8) is 0 Å². The second kappa shape index (κ2) is 8.31. The first-order chi connectivity index (χ1) is 15.2. The molecule has 158 valence electrons. The number of aryl methyl sites for hydroxylation is 1. The number of pyridine rings is 1. The number of amides is 1. The van der Waals surface area contributed by atoms with Crippen LogP contribution in [-0.4, -0.2) is 48.5 Å². The number of aromatic nitrogens is 5. The lowest BCUT2D eigenvalue weighted by Gasteiger charge is -2.24. The molecule has 31 heavy (non-hydrogen) atoms. The molecular weight excluding hydrogens is 392 g/mol. The Morgan fingerprint density at radius 2 is 2.19 bits per heavy atom. The number of fused-ring (bicyclic) bond motifs is 1. The maximum Gasteiger partial charge on any atom is 0.249 e. The molecule has 4 aromatic rings. The molecule has 5 rings (SSSR count). The Kier molecular flexibility index (Phi) is 5.21. The zero-order valence-electron chi connectivity index (χ0n) is 17.4. The first-order valence-corrected chi connectivity index (χ1v) is 10.4. The molecule has 0 radical (unpaired) electrons. The molecule has 1 saturated heterocycles. The molecule has 1 aromatic carbocycles. The molecule has 1 N–H and O–H groups in total. The van der Waals surface area contributed by atoms with E-state index < -0.39 is 0 Å². The van der Waals surface area contributed by atoms with Crippen molar-refractivity contribution in [2.45, 2.75) is 32.4 Å². The number of carbonyl (C=O) groups is 1. The second-order valence-corrected chi connectivity index (χ2v) is 7.83. The van der Waals surface area contributed by atoms with E-state index in [9.17, 15) is 4.79 Å². The minimum Gasteiger partial charge on any atom is -0.364 e. The van der Waals surface area contributed by atoms with Crippen LogP contribution in [0.15, 0.2) is 55.1 Å². The van der Waals surface area contributed by atoms with E-state index in [4.69, 9.17) is 9.72 Å². The summed E-state index contributed by atoms with van der Waals surface area (Å²) in [6.45, 7) is 3.05. The number of likely N-dealkylation sites (tertiary alicyclic amines) is 1. The Hall–Kier alpha value is -3.52. The summed E-state index contributed by atoms with van der Waals surface area (Å²) in [5, 5.41) is 0. The predicted octanol–water partition coefficient (Wildman–Crippen LogP) is 3.33. The first-order valence-electron chi connectivity index (χ1n) is 10.4. The Balaban J connectivity index is 1.23. The van der Waals surface area contributed by atoms with Crippen molar-refractivity contribution >= 4 is 16.9 Å². The van der Waals surface area contributed by atoms with E-state index in [0.717, 1.165) is 41.2 Å². The highest BCUT2D eigenvalue weighted by atomic mass is 16.5. The normalized spacial score (nSPS) is 16.3. The van der Waals surface area contributed by atoms with Gasteiger partial charge in [-0.1, -0.05) is 12.1 Å². The molecule has 8 heteroatoms. The molecule has 1 fully saturated rings. The second-order valence-electron chi connectivity index (χ2n) is 7.83. The number of aromatic amines is 1. The molecule has 4 heterocycles. The van der Waals surface area contributed by atoms with E-state index in [1.165, 1.54) is 5.56 Å². The van der Waals surface area contributed by atoms with Gasteiger partial charge in [0.2, 0.25) is 5.91 Å². The molecule has 1 aliphatic rings. The van der Waals surface area contributed by atoms with Crippen molar-refractivity contribution in [3.8, 4) is 5.82 Å². The van der Waals surface area contributed by atoms with Crippen LogP contribution in [0.4, 0.5) is 0 Å². The Morgan fingerprint density at radius 1 is 1.26 bits per heavy atom. The SMILES string of the molecule is Cc1ccc2nc(COCC(=O)N3CCCC3c3cccc(-n4ccnc4)n3)[nH]c2c1. The molecule has 0 saturated carbocycles. The zero-order valence-corrected chi connectivity index (χ0v) is 17.4. The van der Waals surface area contributed by atoms with Crippen LogP contribution >= 0.6 is 0 Å². The highest BCUT2D eigenvalue weighted by molar-refractivity contribution is 5.78. The standard InChI is InChI=1S/C23H24N6O2/c1-16-7-8-17-19(12-16)26-21(25-17)13-31-14-23(30)29-10-3-5-20(29)18-4-2-6-22(27-18)28-11-9-24-15-28/h2,4,6-9,11-12,15,20H,3,5,10,13-14H2,1H3,(H,25,26). The monoisotopic (exact) mass is 416 g/mol. The third-order valence-electron chi connectivity index (χ3n) is 5.59. The highest BCUT2D eigenvalue weighted by Gasteiger charge is 2.31. The van der Waals surface area contributed by atoms with Gasteiger partial charge in [-0.15, -0.1) is 0 Å². The van der Waals surface area contributed by atoms with Crippen molar-refractivity contribution in [2.75, 3.05) is 13.2 Å². The van der Waals surface area contributed by atoms with Gasteiger partial charge >= 0.3 is 0 Å². The number of rotatable bonds is 6. The minimum absolute atomic E-state index is 0.0216. The summed E-state index contributed by atoms with van der Waals surface area (Å²) in [6, 6.07) is 11.9. The molecule has 1 atom stereocenters. The number of hydrogen-bond donors (Lipinski definition) is 1. The van der Waals surface area contributed by atoms with Gasteiger partial charge in [0.05, 0.1) is 22.8 Å². The molecule has 1 amide bonds. The van der Waals surface area contributed by atoms with Crippen molar-refractivity contribution in [2.24, 2.45) is 0 Å². The summed E-state index contributed by atoms with van der Waals surface area (Å²) in [7, 11) is 0. The van der Waals surface area contributed by atoms with E-state index >= 15 is 0 Å². The largest absolute Gasteiger partial charge is 0.364 e. The molecule has 0 bridgehead atoms. The van der Waals surface area contributed by atoms with Gasteiger partial charge in [0.1, 0.15) is 31.2 Å². The fraction of sp³-hybridized carbons (Fsp3) is 0.304. The van der Waals surface area contributed by atoms with Crippen LogP contribution in [0.5, 0.6) is 0 Å². The number of hydrogen-bond acceptors (Lipinski definition) is 5. The summed E-state index contributed by atoms with van der Waals surface area (Å²) in [4.78, 5) is 31.4. The quantitative estimate of drug-likeness (QED) is 0.521. The van der Waals surface area contributed by atoms with Gasteiger partial charge in [0.15, 0.2) is 0 Å². The van der Waals surface area contributed by atoms with E-state index in [2.05, 4.69) is 21.0 Å². The first kappa shape index (κ1) is 19.4. The van der Waals surface area contributed by atoms with Crippen LogP contribution in [0, 0.1) is 6.92 Å². The van der Waals surface area contributed by atoms with Crippen molar-refractivity contribution in [1.82, 2.24) is 29.4 Å². The zero-order chi connectivity index (χ0) is 21.2. The van der Waals surface area contributed by atoms with Gasteiger partial charge in [-0.05, 0) is 49.6 Å². The van der Waals surface area contributed by atoms with Gasteiger partial charge in [0, 0.05) is 18.9 Å². The summed E-state index contributed by atoms with van der Waals surface area (Å²) in [5.41, 5.74) is 3.95. The molecule has 1 unspecified atom stereocenters. The van der Waals surface area contributed by atoms with Gasteiger partial charge in [-0.3, -0.25) is 9.36 Å². The number of nitrogens with one attached hydrogen (secondary N) is 1. The van der Waals surface area contributed by atoms with Gasteiger partial charge in [-0.2, -0.15) is 0 Å². The van der Waals surface area contributed by atoms with Gasteiger partial charge < -0.3 is 14.6 Å². The molecule has 1 aliphatic heterocycles. The van der Waals surface area contributed by atoms with Crippen molar-refractivity contribution in [3.05, 3.63) is 72.2 Å². The Bertz CT molecular complexity index is 1200. The van der Waals surface area contributed by atoms with Gasteiger partial charge in [-0.25, -0.2) is 15.0 Å². The lowest BCUT2D eigenvalue weighted by molar-refractivity contribution is -0.137. The molecule has 0 aliphatic carbocycles. The smallest absolute Gasteiger partial charge is 0.249 e. The van der Waals surface area contributed by atoms with Crippen LogP contribution in [0.2, 0.25) is 0 Å². The number of ether oxygens (including phenoxy) is 1. The molecule has 3 aromatic heterocycles. The van der Waals surface area contributed by atoms with Crippen molar-refractivity contribution < 1.29 is 9.53 Å². The summed E-state index contributed by atoms with van der Waals surface area (Å²) in [5.74, 6) is 1.50. The number of H-pyrrole nitrogens is 1. The van der Waals surface area contributed by atoms with E-state index in [1.807, 2.05) is 52.9 Å². The fourth-order valence-corrected chi connectivity index (χ4v) is 4.10. The topological polar surface area (TPSA) is 88.9 Å². The third kappa shape index (κ3) is 4.06. The van der Waals surface area contributed by atoms with Crippen LogP contribution in [-0.2, 0) is 16.1 Å². The molecule has 8 nitrogen and oxygen atoms in total. The molecular formula is C23H24N6O2. The number of benzene rings is 1. The lowest BCUT2D eigenvalue weighted by atomic mass is 10.1. The van der Waals surface area contributed by atoms with E-state index in [0.29, 0.717) is 6.54 Å². The average molecular weight is 416 g/mol. The predicted molar refractivity (Wildman–Crippen MR) is 116 cm³/mol. The fourth-order valence-electron chi connectivity index (χ4n) is 4.10. The van der Waals surface area contributed by atoms with E-state index in [-0.39, 0.29) is 25.2 Å². The highest BCUT2D eigenvalue weighted by Crippen LogP contribution is 2.31. The number of nitrogens with zero attached hydrogens (tertiary/aromatic N) is 5. The lowest BCUT2D eigenvalue weighted by Crippen LogP contribution is -2.34. The maximum absolute atomic E-state index is 12.9. The average Bonchev–Trinajstić information content (AvgIpc) is 3.53. The van der Waals surface area contributed by atoms with Crippen LogP contribution in [0.3, 0.4) is 0 Å². The van der Waals surface area contributed by atoms with Crippen molar-refractivity contribution in [1.29, 1.82) is 0 Å². The van der Waals surface area contributed by atoms with E-state index in [1.54, 1.807) is 12.5 Å². The van der Waals surface area contributed by atoms with Crippen LogP contribution in [0.25, 0.3) is 16.9 Å². The van der Waals surface area contributed by atoms with Crippen LogP contribution < -0.4 is 0 Å². The minimum atomic E-state index is -0.0336. The summed E-state index contributed by atoms with van der Waals surface area (Å²) < 4.78 is 7.57.